The van der Waals surface area contributed by atoms with E-state index in [4.69, 9.17) is 18.9 Å². The Morgan fingerprint density at radius 1 is 0.400 bits per heavy atom. The van der Waals surface area contributed by atoms with Gasteiger partial charge in [-0.3, -0.25) is 9.59 Å². The van der Waals surface area contributed by atoms with Crippen molar-refractivity contribution in [1.82, 2.24) is 0 Å². The first-order valence-corrected chi connectivity index (χ1v) is 28.2. The largest absolute Gasteiger partial charge is 0.477 e. The van der Waals surface area contributed by atoms with Crippen molar-refractivity contribution in [1.29, 1.82) is 0 Å². The molecule has 65 heavy (non-hydrogen) atoms. The molecule has 1 N–H and O–H groups in total. The van der Waals surface area contributed by atoms with Gasteiger partial charge in [0.15, 0.2) is 6.10 Å². The molecule has 0 rings (SSSR count). The fourth-order valence-electron chi connectivity index (χ4n) is 8.49. The van der Waals surface area contributed by atoms with E-state index < -0.39 is 18.4 Å². The van der Waals surface area contributed by atoms with Crippen LogP contribution in [0.4, 0.5) is 0 Å². The molecule has 0 aliphatic heterocycles. The minimum Gasteiger partial charge on any atom is -0.477 e. The second-order valence-corrected chi connectivity index (χ2v) is 20.6. The Labute approximate surface area is 403 Å². The third-order valence-corrected chi connectivity index (χ3v) is 12.9. The summed E-state index contributed by atoms with van der Waals surface area (Å²) in [6.07, 6.45) is 50.3. The van der Waals surface area contributed by atoms with Crippen molar-refractivity contribution in [3.63, 3.8) is 0 Å². The van der Waals surface area contributed by atoms with Crippen molar-refractivity contribution in [3.05, 3.63) is 0 Å². The molecule has 0 aromatic rings. The number of ether oxygens (including phenoxy) is 4. The number of hydrogen-bond acceptors (Lipinski definition) is 7. The van der Waals surface area contributed by atoms with Crippen molar-refractivity contribution >= 4 is 17.9 Å². The van der Waals surface area contributed by atoms with Crippen LogP contribution in [0.15, 0.2) is 0 Å². The lowest BCUT2D eigenvalue weighted by molar-refractivity contribution is -0.870. The number of hydrogen-bond donors (Lipinski definition) is 1. The number of quaternary nitrogens is 1. The summed E-state index contributed by atoms with van der Waals surface area (Å²) in [7, 11) is 5.98. The predicted molar refractivity (Wildman–Crippen MR) is 272 cm³/mol. The molecule has 0 aliphatic carbocycles. The van der Waals surface area contributed by atoms with Crippen LogP contribution in [0.3, 0.4) is 0 Å². The highest BCUT2D eigenvalue weighted by molar-refractivity contribution is 5.71. The minimum atomic E-state index is -1.50. The Morgan fingerprint density at radius 2 is 0.692 bits per heavy atom. The first-order valence-electron chi connectivity index (χ1n) is 28.2. The Hall–Kier alpha value is -1.71. The van der Waals surface area contributed by atoms with E-state index in [-0.39, 0.29) is 38.2 Å². The average Bonchev–Trinajstić information content (AvgIpc) is 3.27. The summed E-state index contributed by atoms with van der Waals surface area (Å²) in [6, 6.07) is 0. The van der Waals surface area contributed by atoms with E-state index in [0.29, 0.717) is 17.4 Å². The van der Waals surface area contributed by atoms with E-state index in [2.05, 4.69) is 13.8 Å². The molecule has 0 fully saturated rings. The Balaban J connectivity index is 4.22. The summed E-state index contributed by atoms with van der Waals surface area (Å²) in [5.41, 5.74) is 0. The van der Waals surface area contributed by atoms with E-state index in [9.17, 15) is 19.5 Å². The molecule has 0 heterocycles. The zero-order valence-corrected chi connectivity index (χ0v) is 43.9. The van der Waals surface area contributed by atoms with Gasteiger partial charge in [0, 0.05) is 12.8 Å². The van der Waals surface area contributed by atoms with Gasteiger partial charge in [-0.1, -0.05) is 258 Å². The van der Waals surface area contributed by atoms with Gasteiger partial charge in [-0.25, -0.2) is 4.79 Å². The van der Waals surface area contributed by atoms with E-state index in [1.807, 2.05) is 21.1 Å². The maximum absolute atomic E-state index is 12.9. The molecule has 386 valence electrons. The van der Waals surface area contributed by atoms with Crippen LogP contribution in [0, 0.1) is 0 Å². The molecule has 0 aromatic heterocycles. The number of unbranched alkanes of at least 4 members (excludes halogenated alkanes) is 38. The minimum absolute atomic E-state index is 0.172. The van der Waals surface area contributed by atoms with Crippen LogP contribution in [0.25, 0.3) is 0 Å². The molecule has 0 spiro atoms. The molecule has 9 nitrogen and oxygen atoms in total. The summed E-state index contributed by atoms with van der Waals surface area (Å²) in [5.74, 6) is -1.97. The Bertz CT molecular complexity index is 1030. The fraction of sp³-hybridized carbons (Fsp3) is 0.946. The molecular weight excluding hydrogens is 815 g/mol. The van der Waals surface area contributed by atoms with Crippen LogP contribution >= 0.6 is 0 Å². The molecule has 0 saturated heterocycles. The molecule has 9 heteroatoms. The number of carbonyl (C=O) groups excluding carboxylic acids is 2. The summed E-state index contributed by atoms with van der Waals surface area (Å²) in [6.45, 7) is 4.95. The summed E-state index contributed by atoms with van der Waals surface area (Å²) < 4.78 is 22.9. The van der Waals surface area contributed by atoms with Crippen LogP contribution < -0.4 is 0 Å². The number of likely N-dealkylation sites (N-methyl/N-ethyl adjacent to an activating group) is 1. The molecule has 0 aromatic carbocycles. The van der Waals surface area contributed by atoms with Crippen LogP contribution in [0.2, 0.25) is 0 Å². The van der Waals surface area contributed by atoms with Crippen LogP contribution in [0.5, 0.6) is 0 Å². The first-order chi connectivity index (χ1) is 31.6. The molecule has 0 aliphatic rings. The quantitative estimate of drug-likeness (QED) is 0.0278. The number of nitrogens with zero attached hydrogens (tertiary/aromatic N) is 1. The highest BCUT2D eigenvalue weighted by atomic mass is 16.7. The van der Waals surface area contributed by atoms with Gasteiger partial charge in [-0.15, -0.1) is 0 Å². The van der Waals surface area contributed by atoms with Crippen LogP contribution in [-0.4, -0.2) is 87.4 Å². The molecule has 0 saturated carbocycles. The molecule has 0 bridgehead atoms. The second kappa shape index (κ2) is 48.7. The standard InChI is InChI=1S/C56H109NO8/c1-6-8-10-12-14-16-18-20-22-24-26-27-29-31-33-35-37-39-41-43-45-47-54(59)65-52(51-64-56(55(60)61)62-49-48-57(3,4)5)50-63-53(58)46-44-42-40-38-36-34-32-30-28-25-23-21-19-17-15-13-11-9-7-2/h52,56H,6-51H2,1-5H3/p+1. The third-order valence-electron chi connectivity index (χ3n) is 12.9. The van der Waals surface area contributed by atoms with Gasteiger partial charge in [-0.2, -0.15) is 0 Å². The van der Waals surface area contributed by atoms with Gasteiger partial charge in [0.05, 0.1) is 34.4 Å². The van der Waals surface area contributed by atoms with Gasteiger partial charge in [0.1, 0.15) is 13.2 Å². The third kappa shape index (κ3) is 50.0. The van der Waals surface area contributed by atoms with Crippen molar-refractivity contribution < 1.29 is 42.9 Å². The second-order valence-electron chi connectivity index (χ2n) is 20.6. The van der Waals surface area contributed by atoms with Gasteiger partial charge < -0.3 is 28.5 Å². The van der Waals surface area contributed by atoms with Crippen molar-refractivity contribution in [2.24, 2.45) is 0 Å². The summed E-state index contributed by atoms with van der Waals surface area (Å²) in [5, 5.41) is 9.69. The normalized spacial score (nSPS) is 12.7. The molecule has 2 atom stereocenters. The smallest absolute Gasteiger partial charge is 0.361 e. The highest BCUT2D eigenvalue weighted by Gasteiger charge is 2.25. The average molecular weight is 925 g/mol. The lowest BCUT2D eigenvalue weighted by Crippen LogP contribution is -2.40. The van der Waals surface area contributed by atoms with Crippen LogP contribution in [-0.2, 0) is 33.3 Å². The maximum Gasteiger partial charge on any atom is 0.361 e. The van der Waals surface area contributed by atoms with Gasteiger partial charge in [-0.05, 0) is 12.8 Å². The number of rotatable bonds is 53. The molecule has 0 amide bonds. The number of esters is 2. The van der Waals surface area contributed by atoms with Crippen LogP contribution in [0.1, 0.15) is 284 Å². The Kier molecular flexibility index (Phi) is 47.5. The zero-order valence-electron chi connectivity index (χ0n) is 43.9. The van der Waals surface area contributed by atoms with Gasteiger partial charge >= 0.3 is 17.9 Å². The Morgan fingerprint density at radius 3 is 0.985 bits per heavy atom. The predicted octanol–water partition coefficient (Wildman–Crippen LogP) is 16.0. The van der Waals surface area contributed by atoms with Crippen molar-refractivity contribution in [3.8, 4) is 0 Å². The zero-order chi connectivity index (χ0) is 47.7. The van der Waals surface area contributed by atoms with Crippen molar-refractivity contribution in [2.45, 2.75) is 296 Å². The van der Waals surface area contributed by atoms with E-state index in [0.717, 1.165) is 38.5 Å². The topological polar surface area (TPSA) is 108 Å². The first kappa shape index (κ1) is 63.3. The summed E-state index contributed by atoms with van der Waals surface area (Å²) >= 11 is 0. The number of carboxylic acids is 1. The van der Waals surface area contributed by atoms with Crippen molar-refractivity contribution in [2.75, 3.05) is 47.5 Å². The maximum atomic E-state index is 12.9. The van der Waals surface area contributed by atoms with Gasteiger partial charge in [0.25, 0.3) is 6.29 Å². The molecule has 0 radical (unpaired) electrons. The number of aliphatic carboxylic acids is 1. The molecular formula is C56H110NO8+. The fourth-order valence-corrected chi connectivity index (χ4v) is 8.49. The lowest BCUT2D eigenvalue weighted by Gasteiger charge is -2.25. The SMILES string of the molecule is CCCCCCCCCCCCCCCCCCCCCCCC(=O)OC(COC(=O)CCCCCCCCCCCCCCCCCCCCC)COC(OCC[N+](C)(C)C)C(=O)O. The summed E-state index contributed by atoms with van der Waals surface area (Å²) in [4.78, 5) is 37.4. The van der Waals surface area contributed by atoms with E-state index in [1.54, 1.807) is 0 Å². The molecule has 2 unspecified atom stereocenters. The van der Waals surface area contributed by atoms with E-state index >= 15 is 0 Å². The highest BCUT2D eigenvalue weighted by Crippen LogP contribution is 2.18. The number of carbonyl (C=O) groups is 3. The van der Waals surface area contributed by atoms with E-state index in [1.165, 1.54) is 218 Å². The van der Waals surface area contributed by atoms with Gasteiger partial charge in [0.2, 0.25) is 0 Å². The lowest BCUT2D eigenvalue weighted by atomic mass is 10.0. The monoisotopic (exact) mass is 925 g/mol. The number of carboxylic acid groups (broad SMARTS) is 1.